The molecular weight excluding hydrogens is 318 g/mol. The molecule has 0 spiro atoms. The monoisotopic (exact) mass is 337 g/mol. The average Bonchev–Trinajstić information content (AvgIpc) is 2.97. The van der Waals surface area contributed by atoms with E-state index in [-0.39, 0.29) is 12.3 Å². The Hall–Kier alpha value is -2.95. The van der Waals surface area contributed by atoms with Crippen LogP contribution in [0.1, 0.15) is 27.9 Å². The highest BCUT2D eigenvalue weighted by Crippen LogP contribution is 2.28. The molecule has 0 radical (unpaired) electrons. The number of carbonyl (C=O) groups excluding carboxylic acids is 3. The Kier molecular flexibility index (Phi) is 4.65. The summed E-state index contributed by atoms with van der Waals surface area (Å²) in [6.45, 7) is 4.27. The maximum atomic E-state index is 12.4. The van der Waals surface area contributed by atoms with Gasteiger partial charge in [-0.3, -0.25) is 14.4 Å². The molecule has 2 aromatic carbocycles. The van der Waals surface area contributed by atoms with Gasteiger partial charge in [-0.2, -0.15) is 0 Å². The number of ether oxygens (including phenoxy) is 1. The number of aldehydes is 1. The number of anilines is 1. The van der Waals surface area contributed by atoms with Crippen LogP contribution >= 0.6 is 0 Å². The van der Waals surface area contributed by atoms with Gasteiger partial charge in [-0.05, 0) is 61.4 Å². The van der Waals surface area contributed by atoms with E-state index in [9.17, 15) is 14.4 Å². The Bertz CT molecular complexity index is 806. The van der Waals surface area contributed by atoms with Crippen LogP contribution in [0, 0.1) is 19.8 Å². The number of rotatable bonds is 4. The summed E-state index contributed by atoms with van der Waals surface area (Å²) in [6, 6.07) is 12.2. The molecule has 1 atom stereocenters. The molecule has 3 rings (SSSR count). The molecule has 1 fully saturated rings. The van der Waals surface area contributed by atoms with Crippen molar-refractivity contribution >= 4 is 23.9 Å². The highest BCUT2D eigenvalue weighted by molar-refractivity contribution is 5.99. The van der Waals surface area contributed by atoms with E-state index in [1.807, 2.05) is 32.0 Å². The van der Waals surface area contributed by atoms with Crippen molar-refractivity contribution in [2.24, 2.45) is 5.92 Å². The molecule has 1 amide bonds. The molecule has 0 N–H and O–H groups in total. The second-order valence-electron chi connectivity index (χ2n) is 6.36. The van der Waals surface area contributed by atoms with Gasteiger partial charge in [0, 0.05) is 24.2 Å². The molecule has 0 aromatic heterocycles. The first-order chi connectivity index (χ1) is 12.0. The number of hydrogen-bond acceptors (Lipinski definition) is 4. The Labute approximate surface area is 146 Å². The van der Waals surface area contributed by atoms with Crippen LogP contribution in [-0.4, -0.2) is 24.7 Å². The van der Waals surface area contributed by atoms with Crippen LogP contribution in [-0.2, 0) is 9.59 Å². The second kappa shape index (κ2) is 6.89. The first-order valence-electron chi connectivity index (χ1n) is 8.12. The SMILES string of the molecule is Cc1cc(C)cc(N2C[C@@H](C(=O)Oc3ccc(C=O)cc3)CC2=O)c1. The van der Waals surface area contributed by atoms with Gasteiger partial charge in [0.2, 0.25) is 5.91 Å². The number of amides is 1. The molecule has 1 saturated heterocycles. The second-order valence-corrected chi connectivity index (χ2v) is 6.36. The van der Waals surface area contributed by atoms with Gasteiger partial charge < -0.3 is 9.64 Å². The summed E-state index contributed by atoms with van der Waals surface area (Å²) in [5, 5.41) is 0. The maximum absolute atomic E-state index is 12.4. The summed E-state index contributed by atoms with van der Waals surface area (Å²) in [5.74, 6) is -0.644. The summed E-state index contributed by atoms with van der Waals surface area (Å²) in [4.78, 5) is 37.0. The van der Waals surface area contributed by atoms with Gasteiger partial charge in [0.25, 0.3) is 0 Å². The van der Waals surface area contributed by atoms with Crippen LogP contribution in [0.15, 0.2) is 42.5 Å². The van der Waals surface area contributed by atoms with Crippen LogP contribution in [0.5, 0.6) is 5.75 Å². The third kappa shape index (κ3) is 3.76. The number of hydrogen-bond donors (Lipinski definition) is 0. The molecule has 1 heterocycles. The number of aryl methyl sites for hydroxylation is 2. The summed E-state index contributed by atoms with van der Waals surface area (Å²) in [6.07, 6.45) is 0.862. The summed E-state index contributed by atoms with van der Waals surface area (Å²) in [5.41, 5.74) is 3.47. The van der Waals surface area contributed by atoms with Crippen molar-refractivity contribution in [2.45, 2.75) is 20.3 Å². The predicted molar refractivity (Wildman–Crippen MR) is 93.8 cm³/mol. The summed E-state index contributed by atoms with van der Waals surface area (Å²) < 4.78 is 5.34. The van der Waals surface area contributed by atoms with Crippen molar-refractivity contribution < 1.29 is 19.1 Å². The fourth-order valence-corrected chi connectivity index (χ4v) is 3.04. The lowest BCUT2D eigenvalue weighted by Crippen LogP contribution is -2.27. The first kappa shape index (κ1) is 16.9. The van der Waals surface area contributed by atoms with Crippen LogP contribution in [0.25, 0.3) is 0 Å². The first-order valence-corrected chi connectivity index (χ1v) is 8.12. The molecular formula is C20H19NO4. The average molecular weight is 337 g/mol. The van der Waals surface area contributed by atoms with Gasteiger partial charge in [0.1, 0.15) is 12.0 Å². The quantitative estimate of drug-likeness (QED) is 0.489. The predicted octanol–water partition coefficient (Wildman–Crippen LogP) is 3.07. The molecule has 0 aliphatic carbocycles. The standard InChI is InChI=1S/C20H19NO4/c1-13-7-14(2)9-17(8-13)21-11-16(10-19(21)23)20(24)25-18-5-3-15(12-22)4-6-18/h3-9,12,16H,10-11H2,1-2H3/t16-/m0/s1. The van der Waals surface area contributed by atoms with E-state index in [1.54, 1.807) is 29.2 Å². The highest BCUT2D eigenvalue weighted by atomic mass is 16.5. The van der Waals surface area contributed by atoms with Gasteiger partial charge in [0.15, 0.2) is 0 Å². The number of carbonyl (C=O) groups is 3. The Balaban J connectivity index is 1.70. The van der Waals surface area contributed by atoms with E-state index in [2.05, 4.69) is 0 Å². The van der Waals surface area contributed by atoms with E-state index in [1.165, 1.54) is 0 Å². The zero-order chi connectivity index (χ0) is 18.0. The lowest BCUT2D eigenvalue weighted by molar-refractivity contribution is -0.139. The zero-order valence-electron chi connectivity index (χ0n) is 14.2. The summed E-state index contributed by atoms with van der Waals surface area (Å²) in [7, 11) is 0. The maximum Gasteiger partial charge on any atom is 0.316 e. The Morgan fingerprint density at radius 2 is 1.76 bits per heavy atom. The van der Waals surface area contributed by atoms with Gasteiger partial charge in [-0.1, -0.05) is 6.07 Å². The van der Waals surface area contributed by atoms with E-state index in [0.717, 1.165) is 23.1 Å². The highest BCUT2D eigenvalue weighted by Gasteiger charge is 2.36. The minimum atomic E-state index is -0.501. The van der Waals surface area contributed by atoms with Gasteiger partial charge >= 0.3 is 5.97 Å². The molecule has 128 valence electrons. The van der Waals surface area contributed by atoms with Gasteiger partial charge in [-0.15, -0.1) is 0 Å². The third-order valence-electron chi connectivity index (χ3n) is 4.21. The van der Waals surface area contributed by atoms with E-state index in [0.29, 0.717) is 17.9 Å². The molecule has 5 nitrogen and oxygen atoms in total. The largest absolute Gasteiger partial charge is 0.426 e. The van der Waals surface area contributed by atoms with Crippen molar-refractivity contribution in [1.29, 1.82) is 0 Å². The van der Waals surface area contributed by atoms with Crippen LogP contribution in [0.4, 0.5) is 5.69 Å². The molecule has 2 aromatic rings. The van der Waals surface area contributed by atoms with Gasteiger partial charge in [0.05, 0.1) is 5.92 Å². The van der Waals surface area contributed by atoms with E-state index < -0.39 is 11.9 Å². The van der Waals surface area contributed by atoms with Crippen molar-refractivity contribution in [2.75, 3.05) is 11.4 Å². The zero-order valence-corrected chi connectivity index (χ0v) is 14.2. The lowest BCUT2D eigenvalue weighted by Gasteiger charge is -2.18. The fraction of sp³-hybridized carbons (Fsp3) is 0.250. The smallest absolute Gasteiger partial charge is 0.316 e. The van der Waals surface area contributed by atoms with Crippen LogP contribution < -0.4 is 9.64 Å². The van der Waals surface area contributed by atoms with Crippen molar-refractivity contribution in [3.05, 3.63) is 59.2 Å². The fourth-order valence-electron chi connectivity index (χ4n) is 3.04. The van der Waals surface area contributed by atoms with Crippen molar-refractivity contribution in [3.8, 4) is 5.75 Å². The number of nitrogens with zero attached hydrogens (tertiary/aromatic N) is 1. The third-order valence-corrected chi connectivity index (χ3v) is 4.21. The van der Waals surface area contributed by atoms with Crippen LogP contribution in [0.3, 0.4) is 0 Å². The number of esters is 1. The molecule has 0 bridgehead atoms. The normalized spacial score (nSPS) is 16.8. The van der Waals surface area contributed by atoms with Crippen LogP contribution in [0.2, 0.25) is 0 Å². The van der Waals surface area contributed by atoms with Crippen molar-refractivity contribution in [1.82, 2.24) is 0 Å². The molecule has 5 heteroatoms. The van der Waals surface area contributed by atoms with E-state index >= 15 is 0 Å². The summed E-state index contributed by atoms with van der Waals surface area (Å²) >= 11 is 0. The molecule has 1 aliphatic rings. The Morgan fingerprint density at radius 1 is 1.12 bits per heavy atom. The molecule has 0 saturated carbocycles. The minimum Gasteiger partial charge on any atom is -0.426 e. The molecule has 25 heavy (non-hydrogen) atoms. The number of benzene rings is 2. The molecule has 0 unspecified atom stereocenters. The Morgan fingerprint density at radius 3 is 2.36 bits per heavy atom. The topological polar surface area (TPSA) is 63.7 Å². The van der Waals surface area contributed by atoms with E-state index in [4.69, 9.17) is 4.74 Å². The minimum absolute atomic E-state index is 0.0803. The van der Waals surface area contributed by atoms with Crippen molar-refractivity contribution in [3.63, 3.8) is 0 Å². The van der Waals surface area contributed by atoms with Gasteiger partial charge in [-0.25, -0.2) is 0 Å². The molecule has 1 aliphatic heterocycles. The lowest BCUT2D eigenvalue weighted by atomic mass is 10.1.